The standard InChI is InChI=1S/C18H16NO3S/c1-19-14-10-13(20-2)5-7-17(14)23-18(19)8-4-12-3-6-15-16(9-12)22-11-21-15/h3-10H,11H2,1-2H3/q+1/b8-4+. The lowest BCUT2D eigenvalue weighted by atomic mass is 10.2. The number of hydrogen-bond acceptors (Lipinski definition) is 4. The minimum absolute atomic E-state index is 0.301. The molecule has 0 saturated carbocycles. The Labute approximate surface area is 138 Å². The quantitative estimate of drug-likeness (QED) is 0.689. The molecule has 2 aromatic carbocycles. The summed E-state index contributed by atoms with van der Waals surface area (Å²) in [4.78, 5) is 0. The molecule has 0 radical (unpaired) electrons. The van der Waals surface area contributed by atoms with E-state index in [2.05, 4.69) is 35.9 Å². The fourth-order valence-corrected chi connectivity index (χ4v) is 3.64. The van der Waals surface area contributed by atoms with E-state index in [0.29, 0.717) is 6.79 Å². The van der Waals surface area contributed by atoms with Crippen LogP contribution in [0.1, 0.15) is 10.6 Å². The number of thiazole rings is 1. The van der Waals surface area contributed by atoms with Crippen LogP contribution in [0.3, 0.4) is 0 Å². The topological polar surface area (TPSA) is 31.6 Å². The maximum atomic E-state index is 5.42. The van der Waals surface area contributed by atoms with E-state index in [1.54, 1.807) is 18.4 Å². The highest BCUT2D eigenvalue weighted by Crippen LogP contribution is 2.33. The number of benzene rings is 2. The van der Waals surface area contributed by atoms with Gasteiger partial charge < -0.3 is 14.2 Å². The Balaban J connectivity index is 1.68. The number of aromatic nitrogens is 1. The second-order valence-electron chi connectivity index (χ2n) is 5.28. The van der Waals surface area contributed by atoms with Crippen LogP contribution in [-0.2, 0) is 7.05 Å². The molecule has 4 rings (SSSR count). The summed E-state index contributed by atoms with van der Waals surface area (Å²) in [5.41, 5.74) is 2.25. The molecular formula is C18H16NO3S+. The Morgan fingerprint density at radius 3 is 2.83 bits per heavy atom. The Hall–Kier alpha value is -2.53. The number of fused-ring (bicyclic) bond motifs is 2. The molecule has 3 aromatic rings. The molecule has 0 fully saturated rings. The number of methoxy groups -OCH3 is 1. The van der Waals surface area contributed by atoms with Crippen LogP contribution >= 0.6 is 11.3 Å². The molecule has 0 saturated heterocycles. The minimum atomic E-state index is 0.301. The normalized spacial score (nSPS) is 13.1. The number of rotatable bonds is 3. The summed E-state index contributed by atoms with van der Waals surface area (Å²) in [5, 5.41) is 1.17. The summed E-state index contributed by atoms with van der Waals surface area (Å²) in [6.07, 6.45) is 4.21. The number of nitrogens with zero attached hydrogens (tertiary/aromatic N) is 1. The van der Waals surface area contributed by atoms with Crippen molar-refractivity contribution in [2.24, 2.45) is 7.05 Å². The molecule has 1 aromatic heterocycles. The van der Waals surface area contributed by atoms with Crippen LogP contribution in [0.25, 0.3) is 22.4 Å². The van der Waals surface area contributed by atoms with Crippen molar-refractivity contribution < 1.29 is 18.8 Å². The minimum Gasteiger partial charge on any atom is -0.497 e. The van der Waals surface area contributed by atoms with Gasteiger partial charge in [0, 0.05) is 6.08 Å². The highest BCUT2D eigenvalue weighted by atomic mass is 32.1. The van der Waals surface area contributed by atoms with E-state index in [0.717, 1.165) is 22.8 Å². The van der Waals surface area contributed by atoms with Gasteiger partial charge in [-0.3, -0.25) is 0 Å². The van der Waals surface area contributed by atoms with Crippen LogP contribution in [0.5, 0.6) is 17.2 Å². The van der Waals surface area contributed by atoms with Gasteiger partial charge in [-0.1, -0.05) is 17.4 Å². The largest absolute Gasteiger partial charge is 0.497 e. The second kappa shape index (κ2) is 5.59. The van der Waals surface area contributed by atoms with Crippen LogP contribution in [0.4, 0.5) is 0 Å². The maximum absolute atomic E-state index is 5.42. The molecule has 0 amide bonds. The van der Waals surface area contributed by atoms with E-state index in [-0.39, 0.29) is 0 Å². The first kappa shape index (κ1) is 14.1. The van der Waals surface area contributed by atoms with Gasteiger partial charge in [0.2, 0.25) is 12.3 Å². The van der Waals surface area contributed by atoms with E-state index >= 15 is 0 Å². The van der Waals surface area contributed by atoms with Gasteiger partial charge in [-0.05, 0) is 35.9 Å². The third kappa shape index (κ3) is 2.53. The summed E-state index contributed by atoms with van der Waals surface area (Å²) in [5.74, 6) is 2.48. The Morgan fingerprint density at radius 2 is 1.96 bits per heavy atom. The third-order valence-electron chi connectivity index (χ3n) is 3.89. The summed E-state index contributed by atoms with van der Waals surface area (Å²) in [6, 6.07) is 12.1. The molecule has 0 aliphatic carbocycles. The zero-order valence-corrected chi connectivity index (χ0v) is 13.7. The number of ether oxygens (including phenoxy) is 3. The summed E-state index contributed by atoms with van der Waals surface area (Å²) in [6.45, 7) is 0.301. The van der Waals surface area contributed by atoms with Gasteiger partial charge in [0.15, 0.2) is 11.5 Å². The maximum Gasteiger partial charge on any atom is 0.262 e. The predicted molar refractivity (Wildman–Crippen MR) is 91.0 cm³/mol. The molecule has 1 aliphatic rings. The van der Waals surface area contributed by atoms with E-state index in [9.17, 15) is 0 Å². The summed E-state index contributed by atoms with van der Waals surface area (Å²) >= 11 is 1.75. The lowest BCUT2D eigenvalue weighted by molar-refractivity contribution is -0.642. The highest BCUT2D eigenvalue weighted by molar-refractivity contribution is 7.18. The molecule has 0 unspecified atom stereocenters. The van der Waals surface area contributed by atoms with Gasteiger partial charge in [0.1, 0.15) is 17.5 Å². The fourth-order valence-electron chi connectivity index (χ4n) is 2.60. The van der Waals surface area contributed by atoms with Crippen molar-refractivity contribution in [3.8, 4) is 17.2 Å². The van der Waals surface area contributed by atoms with Gasteiger partial charge >= 0.3 is 0 Å². The zero-order valence-electron chi connectivity index (χ0n) is 12.9. The molecule has 0 bridgehead atoms. The highest BCUT2D eigenvalue weighted by Gasteiger charge is 2.16. The van der Waals surface area contributed by atoms with Crippen molar-refractivity contribution in [2.45, 2.75) is 0 Å². The molecule has 0 spiro atoms. The van der Waals surface area contributed by atoms with Crippen LogP contribution in [0.2, 0.25) is 0 Å². The second-order valence-corrected chi connectivity index (χ2v) is 6.34. The summed E-state index contributed by atoms with van der Waals surface area (Å²) < 4.78 is 19.5. The van der Waals surface area contributed by atoms with E-state index < -0.39 is 0 Å². The Morgan fingerprint density at radius 1 is 1.09 bits per heavy atom. The van der Waals surface area contributed by atoms with Crippen molar-refractivity contribution in [3.05, 3.63) is 47.0 Å². The lowest BCUT2D eigenvalue weighted by Gasteiger charge is -1.97. The van der Waals surface area contributed by atoms with Gasteiger partial charge in [-0.25, -0.2) is 0 Å². The van der Waals surface area contributed by atoms with Crippen LogP contribution < -0.4 is 18.8 Å². The van der Waals surface area contributed by atoms with Gasteiger partial charge in [-0.15, -0.1) is 0 Å². The van der Waals surface area contributed by atoms with Gasteiger partial charge in [-0.2, -0.15) is 4.57 Å². The first-order chi connectivity index (χ1) is 11.2. The van der Waals surface area contributed by atoms with E-state index in [1.165, 1.54) is 15.2 Å². The fraction of sp³-hybridized carbons (Fsp3) is 0.167. The SMILES string of the molecule is COc1ccc2sc(/C=C/c3ccc4c(c3)OCO4)[n+](C)c2c1. The average Bonchev–Trinajstić information content (AvgIpc) is 3.17. The Kier molecular flexibility index (Phi) is 3.42. The first-order valence-corrected chi connectivity index (χ1v) is 8.10. The van der Waals surface area contributed by atoms with Crippen molar-refractivity contribution in [1.82, 2.24) is 0 Å². The van der Waals surface area contributed by atoms with Crippen molar-refractivity contribution in [1.29, 1.82) is 0 Å². The molecular weight excluding hydrogens is 310 g/mol. The molecule has 23 heavy (non-hydrogen) atoms. The Bertz CT molecular complexity index is 914. The van der Waals surface area contributed by atoms with Crippen molar-refractivity contribution >= 4 is 33.7 Å². The zero-order chi connectivity index (χ0) is 15.8. The molecule has 1 aliphatic heterocycles. The molecule has 2 heterocycles. The average molecular weight is 326 g/mol. The first-order valence-electron chi connectivity index (χ1n) is 7.29. The number of aryl methyl sites for hydroxylation is 1. The van der Waals surface area contributed by atoms with Crippen LogP contribution in [0, 0.1) is 0 Å². The van der Waals surface area contributed by atoms with E-state index in [4.69, 9.17) is 14.2 Å². The van der Waals surface area contributed by atoms with Crippen molar-refractivity contribution in [2.75, 3.05) is 13.9 Å². The monoisotopic (exact) mass is 326 g/mol. The molecule has 5 heteroatoms. The van der Waals surface area contributed by atoms with Crippen LogP contribution in [-0.4, -0.2) is 13.9 Å². The molecule has 0 N–H and O–H groups in total. The summed E-state index contributed by atoms with van der Waals surface area (Å²) in [7, 11) is 3.76. The van der Waals surface area contributed by atoms with Gasteiger partial charge in [0.25, 0.3) is 5.01 Å². The van der Waals surface area contributed by atoms with Crippen molar-refractivity contribution in [3.63, 3.8) is 0 Å². The van der Waals surface area contributed by atoms with Crippen LogP contribution in [0.15, 0.2) is 36.4 Å². The van der Waals surface area contributed by atoms with E-state index in [1.807, 2.05) is 24.3 Å². The molecule has 0 atom stereocenters. The lowest BCUT2D eigenvalue weighted by Crippen LogP contribution is -2.28. The molecule has 4 nitrogen and oxygen atoms in total. The number of hydrogen-bond donors (Lipinski definition) is 0. The third-order valence-corrected chi connectivity index (χ3v) is 5.07. The molecule has 116 valence electrons. The smallest absolute Gasteiger partial charge is 0.262 e. The van der Waals surface area contributed by atoms with Gasteiger partial charge in [0.05, 0.1) is 13.2 Å². The predicted octanol–water partition coefficient (Wildman–Crippen LogP) is 3.63.